The van der Waals surface area contributed by atoms with Gasteiger partial charge in [0.05, 0.1) is 15.8 Å². The van der Waals surface area contributed by atoms with Crippen LogP contribution >= 0.6 is 46.6 Å². The highest BCUT2D eigenvalue weighted by Gasteiger charge is 2.26. The van der Waals surface area contributed by atoms with E-state index in [0.717, 1.165) is 5.56 Å². The minimum atomic E-state index is -0.701. The number of hydrogen-bond acceptors (Lipinski definition) is 3. The van der Waals surface area contributed by atoms with Gasteiger partial charge in [0.15, 0.2) is 0 Å². The van der Waals surface area contributed by atoms with Gasteiger partial charge >= 0.3 is 0 Å². The number of amides is 2. The first kappa shape index (κ1) is 26.8. The molecule has 0 aromatic heterocycles. The van der Waals surface area contributed by atoms with Crippen LogP contribution in [0, 0.1) is 11.7 Å². The first-order chi connectivity index (χ1) is 15.1. The molecule has 0 saturated carbocycles. The summed E-state index contributed by atoms with van der Waals surface area (Å²) in [6.07, 6.45) is 0. The van der Waals surface area contributed by atoms with Gasteiger partial charge in [-0.3, -0.25) is 9.59 Å². The maximum Gasteiger partial charge on any atom is 0.242 e. The van der Waals surface area contributed by atoms with Crippen LogP contribution in [0.2, 0.25) is 15.1 Å². The van der Waals surface area contributed by atoms with Crippen molar-refractivity contribution in [3.63, 3.8) is 0 Å². The van der Waals surface area contributed by atoms with Crippen molar-refractivity contribution in [1.29, 1.82) is 0 Å². The molecule has 0 unspecified atom stereocenters. The number of nitrogens with one attached hydrogen (secondary N) is 1. The molecule has 0 aliphatic rings. The van der Waals surface area contributed by atoms with Crippen LogP contribution in [0.15, 0.2) is 36.4 Å². The average molecular weight is 520 g/mol. The summed E-state index contributed by atoms with van der Waals surface area (Å²) in [4.78, 5) is 27.2. The van der Waals surface area contributed by atoms with E-state index in [0.29, 0.717) is 27.2 Å². The van der Waals surface area contributed by atoms with Crippen LogP contribution in [0.25, 0.3) is 0 Å². The summed E-state index contributed by atoms with van der Waals surface area (Å²) >= 11 is 19.4. The maximum atomic E-state index is 14.0. The predicted molar refractivity (Wildman–Crippen MR) is 132 cm³/mol. The second kappa shape index (κ2) is 12.7. The predicted octanol–water partition coefficient (Wildman–Crippen LogP) is 6.21. The largest absolute Gasteiger partial charge is 0.354 e. The molecule has 1 atom stereocenters. The molecule has 0 fully saturated rings. The van der Waals surface area contributed by atoms with E-state index in [4.69, 9.17) is 34.8 Å². The van der Waals surface area contributed by atoms with Crippen molar-refractivity contribution in [2.75, 3.05) is 12.3 Å². The van der Waals surface area contributed by atoms with E-state index in [1.807, 2.05) is 13.8 Å². The Kier molecular flexibility index (Phi) is 10.6. The third kappa shape index (κ3) is 7.84. The molecule has 32 heavy (non-hydrogen) atoms. The van der Waals surface area contributed by atoms with Crippen LogP contribution in [-0.4, -0.2) is 35.1 Å². The molecule has 0 spiro atoms. The molecule has 0 radical (unpaired) electrons. The topological polar surface area (TPSA) is 49.4 Å². The molecule has 2 rings (SSSR count). The second-order valence-electron chi connectivity index (χ2n) is 7.78. The number of thioether (sulfide) groups is 1. The van der Waals surface area contributed by atoms with Gasteiger partial charge in [0.2, 0.25) is 11.8 Å². The highest BCUT2D eigenvalue weighted by molar-refractivity contribution is 7.99. The first-order valence-electron chi connectivity index (χ1n) is 10.1. The van der Waals surface area contributed by atoms with Gasteiger partial charge in [-0.05, 0) is 42.7 Å². The Morgan fingerprint density at radius 3 is 2.41 bits per heavy atom. The van der Waals surface area contributed by atoms with Crippen molar-refractivity contribution in [3.05, 3.63) is 68.4 Å². The molecule has 1 N–H and O–H groups in total. The Morgan fingerprint density at radius 2 is 1.78 bits per heavy atom. The Bertz CT molecular complexity index is 939. The molecule has 2 aromatic rings. The summed E-state index contributed by atoms with van der Waals surface area (Å²) < 4.78 is 14.0. The van der Waals surface area contributed by atoms with Gasteiger partial charge in [0, 0.05) is 29.4 Å². The standard InChI is InChI=1S/C23H26Cl3FN2O2S/c1-14(2)10-28-23(31)15(3)29(11-16-7-8-19(25)20(26)9-16)22(30)13-32-12-17-18(24)5-4-6-21(17)27/h4-9,14-15H,10-13H2,1-3H3,(H,28,31)/t15-/m1/s1. The number of carbonyl (C=O) groups is 2. The monoisotopic (exact) mass is 518 g/mol. The zero-order chi connectivity index (χ0) is 23.8. The Hall–Kier alpha value is -1.47. The van der Waals surface area contributed by atoms with E-state index in [-0.39, 0.29) is 35.8 Å². The highest BCUT2D eigenvalue weighted by Crippen LogP contribution is 2.26. The third-order valence-electron chi connectivity index (χ3n) is 4.72. The molecule has 0 aliphatic heterocycles. The number of carbonyl (C=O) groups excluding carboxylic acids is 2. The van der Waals surface area contributed by atoms with E-state index in [1.54, 1.807) is 31.2 Å². The lowest BCUT2D eigenvalue weighted by Crippen LogP contribution is -2.48. The van der Waals surface area contributed by atoms with E-state index in [2.05, 4.69) is 5.32 Å². The average Bonchev–Trinajstić information content (AvgIpc) is 2.74. The highest BCUT2D eigenvalue weighted by atomic mass is 35.5. The van der Waals surface area contributed by atoms with Crippen molar-refractivity contribution in [1.82, 2.24) is 10.2 Å². The van der Waals surface area contributed by atoms with Crippen LogP contribution in [0.3, 0.4) is 0 Å². The van der Waals surface area contributed by atoms with Gasteiger partial charge in [-0.25, -0.2) is 4.39 Å². The molecular weight excluding hydrogens is 494 g/mol. The van der Waals surface area contributed by atoms with Gasteiger partial charge in [0.25, 0.3) is 0 Å². The Balaban J connectivity index is 2.13. The summed E-state index contributed by atoms with van der Waals surface area (Å²) in [5.74, 6) is -0.312. The van der Waals surface area contributed by atoms with E-state index >= 15 is 0 Å². The molecular formula is C23H26Cl3FN2O2S. The SMILES string of the molecule is CC(C)CNC(=O)[C@@H](C)N(Cc1ccc(Cl)c(Cl)c1)C(=O)CSCc1c(F)cccc1Cl. The van der Waals surface area contributed by atoms with Gasteiger partial charge < -0.3 is 10.2 Å². The van der Waals surface area contributed by atoms with Crippen LogP contribution in [0.4, 0.5) is 4.39 Å². The Labute approximate surface area is 207 Å². The lowest BCUT2D eigenvalue weighted by Gasteiger charge is -2.29. The number of hydrogen-bond donors (Lipinski definition) is 1. The lowest BCUT2D eigenvalue weighted by atomic mass is 10.1. The van der Waals surface area contributed by atoms with Gasteiger partial charge in [-0.1, -0.05) is 60.8 Å². The van der Waals surface area contributed by atoms with Crippen LogP contribution in [0.1, 0.15) is 31.9 Å². The van der Waals surface area contributed by atoms with Crippen LogP contribution < -0.4 is 5.32 Å². The second-order valence-corrected chi connectivity index (χ2v) is 9.99. The fourth-order valence-electron chi connectivity index (χ4n) is 2.86. The third-order valence-corrected chi connectivity index (χ3v) is 6.76. The van der Waals surface area contributed by atoms with Crippen molar-refractivity contribution >= 4 is 58.4 Å². The summed E-state index contributed by atoms with van der Waals surface area (Å²) in [6, 6.07) is 8.87. The number of halogens is 4. The molecule has 0 heterocycles. The van der Waals surface area contributed by atoms with Crippen molar-refractivity contribution in [3.8, 4) is 0 Å². The quantitative estimate of drug-likeness (QED) is 0.406. The Morgan fingerprint density at radius 1 is 1.06 bits per heavy atom. The minimum absolute atomic E-state index is 0.0633. The van der Waals surface area contributed by atoms with Crippen LogP contribution in [0.5, 0.6) is 0 Å². The fourth-order valence-corrected chi connectivity index (χ4v) is 4.43. The van der Waals surface area contributed by atoms with Crippen LogP contribution in [-0.2, 0) is 21.9 Å². The van der Waals surface area contributed by atoms with Crippen molar-refractivity contribution in [2.24, 2.45) is 5.92 Å². The van der Waals surface area contributed by atoms with E-state index in [9.17, 15) is 14.0 Å². The normalized spacial score (nSPS) is 12.0. The van der Waals surface area contributed by atoms with Crippen molar-refractivity contribution < 1.29 is 14.0 Å². The zero-order valence-corrected chi connectivity index (χ0v) is 21.2. The fraction of sp³-hybridized carbons (Fsp3) is 0.391. The summed E-state index contributed by atoms with van der Waals surface area (Å²) in [7, 11) is 0. The van der Waals surface area contributed by atoms with E-state index in [1.165, 1.54) is 28.8 Å². The number of nitrogens with zero attached hydrogens (tertiary/aromatic N) is 1. The maximum absolute atomic E-state index is 14.0. The lowest BCUT2D eigenvalue weighted by molar-refractivity contribution is -0.138. The molecule has 0 bridgehead atoms. The molecule has 2 aromatic carbocycles. The molecule has 0 saturated heterocycles. The van der Waals surface area contributed by atoms with Crippen molar-refractivity contribution in [2.45, 2.75) is 39.1 Å². The smallest absolute Gasteiger partial charge is 0.242 e. The van der Waals surface area contributed by atoms with Gasteiger partial charge in [-0.2, -0.15) is 0 Å². The summed E-state index contributed by atoms with van der Waals surface area (Å²) in [5.41, 5.74) is 1.10. The number of rotatable bonds is 10. The van der Waals surface area contributed by atoms with Gasteiger partial charge in [-0.15, -0.1) is 11.8 Å². The van der Waals surface area contributed by atoms with Gasteiger partial charge in [0.1, 0.15) is 11.9 Å². The molecule has 2 amide bonds. The molecule has 9 heteroatoms. The minimum Gasteiger partial charge on any atom is -0.354 e. The number of benzene rings is 2. The molecule has 0 aliphatic carbocycles. The molecule has 4 nitrogen and oxygen atoms in total. The summed E-state index contributed by atoms with van der Waals surface area (Å²) in [5, 5.41) is 3.97. The van der Waals surface area contributed by atoms with E-state index < -0.39 is 11.9 Å². The first-order valence-corrected chi connectivity index (χ1v) is 12.4. The summed E-state index contributed by atoms with van der Waals surface area (Å²) in [6.45, 7) is 6.37. The molecule has 174 valence electrons. The zero-order valence-electron chi connectivity index (χ0n) is 18.1.